The van der Waals surface area contributed by atoms with E-state index in [0.29, 0.717) is 23.7 Å². The summed E-state index contributed by atoms with van der Waals surface area (Å²) in [6.45, 7) is 3.31. The number of nitrogens with zero attached hydrogens (tertiary/aromatic N) is 3. The standard InChI is InChI=1S/C17H23N5O4/c1-13-10-18-12-21(13)8-4-7-19-17(11-22(23)24)20-15-6-5-14(25-2)9-16(15)26-3/h5-6,9-12,19-20H,4,7-8H2,1-3H3/b17-11+. The van der Waals surface area contributed by atoms with Gasteiger partial charge in [-0.3, -0.25) is 10.1 Å². The van der Waals surface area contributed by atoms with E-state index >= 15 is 0 Å². The van der Waals surface area contributed by atoms with Crippen LogP contribution >= 0.6 is 0 Å². The monoisotopic (exact) mass is 361 g/mol. The maximum absolute atomic E-state index is 10.9. The lowest BCUT2D eigenvalue weighted by Gasteiger charge is -2.15. The van der Waals surface area contributed by atoms with Crippen molar-refractivity contribution in [1.82, 2.24) is 14.9 Å². The second-order valence-electron chi connectivity index (χ2n) is 5.53. The van der Waals surface area contributed by atoms with Gasteiger partial charge < -0.3 is 24.7 Å². The summed E-state index contributed by atoms with van der Waals surface area (Å²) in [5, 5.41) is 16.9. The Morgan fingerprint density at radius 3 is 2.81 bits per heavy atom. The molecule has 1 aromatic heterocycles. The molecule has 0 saturated heterocycles. The Bertz CT molecular complexity index is 772. The van der Waals surface area contributed by atoms with Crippen molar-refractivity contribution in [3.05, 3.63) is 58.6 Å². The van der Waals surface area contributed by atoms with Crippen LogP contribution in [0.1, 0.15) is 12.1 Å². The number of benzene rings is 1. The van der Waals surface area contributed by atoms with E-state index in [-0.39, 0.29) is 5.82 Å². The highest BCUT2D eigenvalue weighted by atomic mass is 16.6. The average Bonchev–Trinajstić information content (AvgIpc) is 3.03. The fraction of sp³-hybridized carbons (Fsp3) is 0.353. The Labute approximate surface area is 151 Å². The summed E-state index contributed by atoms with van der Waals surface area (Å²) < 4.78 is 12.5. The first-order valence-electron chi connectivity index (χ1n) is 8.08. The quantitative estimate of drug-likeness (QED) is 0.380. The van der Waals surface area contributed by atoms with Crippen LogP contribution < -0.4 is 20.1 Å². The molecule has 1 heterocycles. The molecule has 2 N–H and O–H groups in total. The largest absolute Gasteiger partial charge is 0.497 e. The Morgan fingerprint density at radius 2 is 2.19 bits per heavy atom. The topological polar surface area (TPSA) is 103 Å². The predicted octanol–water partition coefficient (Wildman–Crippen LogP) is 2.38. The first kappa shape index (κ1) is 19.1. The van der Waals surface area contributed by atoms with Crippen LogP contribution in [0.5, 0.6) is 11.5 Å². The highest BCUT2D eigenvalue weighted by Crippen LogP contribution is 2.29. The van der Waals surface area contributed by atoms with Gasteiger partial charge >= 0.3 is 0 Å². The minimum Gasteiger partial charge on any atom is -0.497 e. The zero-order chi connectivity index (χ0) is 18.9. The first-order chi connectivity index (χ1) is 12.5. The van der Waals surface area contributed by atoms with Gasteiger partial charge in [-0.2, -0.15) is 0 Å². The molecule has 0 spiro atoms. The second-order valence-corrected chi connectivity index (χ2v) is 5.53. The number of anilines is 1. The summed E-state index contributed by atoms with van der Waals surface area (Å²) in [4.78, 5) is 14.5. The lowest BCUT2D eigenvalue weighted by molar-refractivity contribution is -0.403. The van der Waals surface area contributed by atoms with Crippen molar-refractivity contribution >= 4 is 5.69 Å². The van der Waals surface area contributed by atoms with Crippen LogP contribution in [-0.2, 0) is 6.54 Å². The molecule has 0 aliphatic rings. The van der Waals surface area contributed by atoms with E-state index in [4.69, 9.17) is 9.47 Å². The van der Waals surface area contributed by atoms with Crippen LogP contribution in [0.4, 0.5) is 5.69 Å². The Balaban J connectivity index is 1.99. The van der Waals surface area contributed by atoms with E-state index in [0.717, 1.165) is 24.9 Å². The number of methoxy groups -OCH3 is 2. The molecule has 9 heteroatoms. The molecule has 2 aromatic rings. The summed E-state index contributed by atoms with van der Waals surface area (Å²) in [5.74, 6) is 1.44. The third-order valence-corrected chi connectivity index (χ3v) is 3.72. The molecule has 1 aromatic carbocycles. The third-order valence-electron chi connectivity index (χ3n) is 3.72. The fourth-order valence-corrected chi connectivity index (χ4v) is 2.37. The molecule has 0 amide bonds. The molecule has 9 nitrogen and oxygen atoms in total. The van der Waals surface area contributed by atoms with E-state index in [1.165, 1.54) is 7.11 Å². The number of hydrogen-bond acceptors (Lipinski definition) is 7. The van der Waals surface area contributed by atoms with Gasteiger partial charge in [-0.1, -0.05) is 0 Å². The van der Waals surface area contributed by atoms with Gasteiger partial charge in [0.15, 0.2) is 5.82 Å². The molecule has 2 rings (SSSR count). The highest BCUT2D eigenvalue weighted by Gasteiger charge is 2.09. The number of imidazole rings is 1. The van der Waals surface area contributed by atoms with Gasteiger partial charge in [0, 0.05) is 31.0 Å². The number of aromatic nitrogens is 2. The zero-order valence-electron chi connectivity index (χ0n) is 15.1. The Morgan fingerprint density at radius 1 is 1.38 bits per heavy atom. The molecule has 0 aliphatic heterocycles. The lowest BCUT2D eigenvalue weighted by atomic mass is 10.2. The van der Waals surface area contributed by atoms with Crippen molar-refractivity contribution in [3.8, 4) is 11.5 Å². The second kappa shape index (κ2) is 9.30. The van der Waals surface area contributed by atoms with Gasteiger partial charge in [0.05, 0.1) is 31.2 Å². The molecule has 0 saturated carbocycles. The van der Waals surface area contributed by atoms with E-state index in [1.807, 2.05) is 11.5 Å². The molecule has 0 unspecified atom stereocenters. The minimum absolute atomic E-state index is 0.279. The van der Waals surface area contributed by atoms with Gasteiger partial charge in [-0.25, -0.2) is 4.98 Å². The van der Waals surface area contributed by atoms with E-state index in [1.54, 1.807) is 37.8 Å². The first-order valence-corrected chi connectivity index (χ1v) is 8.08. The lowest BCUT2D eigenvalue weighted by Crippen LogP contribution is -2.23. The number of rotatable bonds is 10. The van der Waals surface area contributed by atoms with Gasteiger partial charge in [-0.05, 0) is 25.5 Å². The van der Waals surface area contributed by atoms with Crippen molar-refractivity contribution in [2.24, 2.45) is 0 Å². The molecule has 0 radical (unpaired) electrons. The SMILES string of the molecule is COc1ccc(N/C(=C/[N+](=O)[O-])NCCCn2cncc2C)c(OC)c1. The molecule has 26 heavy (non-hydrogen) atoms. The van der Waals surface area contributed by atoms with Crippen molar-refractivity contribution in [1.29, 1.82) is 0 Å². The fourth-order valence-electron chi connectivity index (χ4n) is 2.37. The molecule has 140 valence electrons. The number of ether oxygens (including phenoxy) is 2. The summed E-state index contributed by atoms with van der Waals surface area (Å²) in [7, 11) is 3.08. The van der Waals surface area contributed by atoms with Gasteiger partial charge in [0.25, 0.3) is 6.20 Å². The third kappa shape index (κ3) is 5.40. The van der Waals surface area contributed by atoms with E-state index in [2.05, 4.69) is 15.6 Å². The molecule has 0 fully saturated rings. The molecule has 0 aliphatic carbocycles. The van der Waals surface area contributed by atoms with Crippen molar-refractivity contribution in [2.75, 3.05) is 26.1 Å². The maximum atomic E-state index is 10.9. The minimum atomic E-state index is -0.509. The van der Waals surface area contributed by atoms with Crippen LogP contribution in [0.3, 0.4) is 0 Å². The van der Waals surface area contributed by atoms with Crippen molar-refractivity contribution in [3.63, 3.8) is 0 Å². The van der Waals surface area contributed by atoms with E-state index < -0.39 is 4.92 Å². The van der Waals surface area contributed by atoms with Crippen LogP contribution in [0.15, 0.2) is 42.7 Å². The molecular weight excluding hydrogens is 338 g/mol. The van der Waals surface area contributed by atoms with Gasteiger partial charge in [0.1, 0.15) is 11.5 Å². The van der Waals surface area contributed by atoms with Crippen LogP contribution in [0, 0.1) is 17.0 Å². The Kier molecular flexibility index (Phi) is 6.84. The summed E-state index contributed by atoms with van der Waals surface area (Å²) in [5.41, 5.74) is 1.67. The molecule has 0 bridgehead atoms. The summed E-state index contributed by atoms with van der Waals surface area (Å²) in [6, 6.07) is 5.19. The average molecular weight is 361 g/mol. The number of nitrogens with one attached hydrogen (secondary N) is 2. The molecular formula is C17H23N5O4. The Hall–Kier alpha value is -3.23. The van der Waals surface area contributed by atoms with Crippen LogP contribution in [0.2, 0.25) is 0 Å². The zero-order valence-corrected chi connectivity index (χ0v) is 15.1. The van der Waals surface area contributed by atoms with Gasteiger partial charge in [0.2, 0.25) is 0 Å². The van der Waals surface area contributed by atoms with Crippen molar-refractivity contribution in [2.45, 2.75) is 19.9 Å². The number of hydrogen-bond donors (Lipinski definition) is 2. The summed E-state index contributed by atoms with van der Waals surface area (Å²) >= 11 is 0. The van der Waals surface area contributed by atoms with Crippen LogP contribution in [0.25, 0.3) is 0 Å². The van der Waals surface area contributed by atoms with Crippen molar-refractivity contribution < 1.29 is 14.4 Å². The molecule has 0 atom stereocenters. The van der Waals surface area contributed by atoms with Crippen LogP contribution in [-0.4, -0.2) is 35.2 Å². The number of nitro groups is 1. The number of aryl methyl sites for hydroxylation is 2. The predicted molar refractivity (Wildman–Crippen MR) is 97.8 cm³/mol. The van der Waals surface area contributed by atoms with Gasteiger partial charge in [-0.15, -0.1) is 0 Å². The summed E-state index contributed by atoms with van der Waals surface area (Å²) in [6.07, 6.45) is 5.24. The van der Waals surface area contributed by atoms with E-state index in [9.17, 15) is 10.1 Å². The normalized spacial score (nSPS) is 11.1. The highest BCUT2D eigenvalue weighted by molar-refractivity contribution is 5.61. The smallest absolute Gasteiger partial charge is 0.274 e. The maximum Gasteiger partial charge on any atom is 0.274 e.